The molecular formula is C11H17ClN2. The standard InChI is InChI=1S/C11H16N2.ClH/c1-2-13-7-3-4-9-5-6-10(12)8-11(9)13;/h5-6,8H,2-4,7,12H2,1H3;1H. The van der Waals surface area contributed by atoms with Crippen molar-refractivity contribution in [2.75, 3.05) is 23.7 Å². The van der Waals surface area contributed by atoms with Crippen LogP contribution in [0.4, 0.5) is 11.4 Å². The van der Waals surface area contributed by atoms with Crippen LogP contribution in [0.25, 0.3) is 0 Å². The number of nitrogens with two attached hydrogens (primary N) is 1. The van der Waals surface area contributed by atoms with Gasteiger partial charge < -0.3 is 10.6 Å². The number of nitrogen functional groups attached to an aromatic ring is 1. The largest absolute Gasteiger partial charge is 0.399 e. The SMILES string of the molecule is CCN1CCCc2ccc(N)cc21.Cl. The summed E-state index contributed by atoms with van der Waals surface area (Å²) < 4.78 is 0. The van der Waals surface area contributed by atoms with E-state index in [0.717, 1.165) is 12.2 Å². The van der Waals surface area contributed by atoms with Gasteiger partial charge in [0.2, 0.25) is 0 Å². The Morgan fingerprint density at radius 2 is 2.21 bits per heavy atom. The zero-order valence-corrected chi connectivity index (χ0v) is 9.31. The second-order valence-corrected chi connectivity index (χ2v) is 3.57. The smallest absolute Gasteiger partial charge is 0.0419 e. The average molecular weight is 213 g/mol. The molecule has 2 rings (SSSR count). The van der Waals surface area contributed by atoms with Gasteiger partial charge in [-0.05, 0) is 37.5 Å². The third kappa shape index (κ3) is 1.95. The molecule has 1 aromatic rings. The maximum absolute atomic E-state index is 5.77. The van der Waals surface area contributed by atoms with E-state index >= 15 is 0 Å². The Kier molecular flexibility index (Phi) is 3.64. The fourth-order valence-electron chi connectivity index (χ4n) is 2.00. The van der Waals surface area contributed by atoms with Crippen LogP contribution in [0.1, 0.15) is 18.9 Å². The first kappa shape index (κ1) is 11.2. The predicted octanol–water partition coefficient (Wildman–Crippen LogP) is 2.46. The molecule has 0 bridgehead atoms. The molecule has 0 spiro atoms. The molecule has 0 saturated heterocycles. The summed E-state index contributed by atoms with van der Waals surface area (Å²) in [5.41, 5.74) is 9.43. The van der Waals surface area contributed by atoms with Gasteiger partial charge >= 0.3 is 0 Å². The number of aryl methyl sites for hydroxylation is 1. The highest BCUT2D eigenvalue weighted by molar-refractivity contribution is 5.85. The van der Waals surface area contributed by atoms with Gasteiger partial charge in [0.15, 0.2) is 0 Å². The van der Waals surface area contributed by atoms with Gasteiger partial charge in [-0.15, -0.1) is 12.4 Å². The molecule has 2 nitrogen and oxygen atoms in total. The third-order valence-electron chi connectivity index (χ3n) is 2.71. The lowest BCUT2D eigenvalue weighted by Gasteiger charge is -2.30. The molecule has 0 unspecified atom stereocenters. The molecule has 0 radical (unpaired) electrons. The maximum atomic E-state index is 5.77. The Labute approximate surface area is 91.5 Å². The minimum absolute atomic E-state index is 0. The lowest BCUT2D eigenvalue weighted by Crippen LogP contribution is -2.28. The Bertz CT molecular complexity index is 312. The van der Waals surface area contributed by atoms with Crippen molar-refractivity contribution in [1.82, 2.24) is 0 Å². The number of hydrogen-bond acceptors (Lipinski definition) is 2. The molecule has 0 atom stereocenters. The van der Waals surface area contributed by atoms with Gasteiger partial charge in [-0.1, -0.05) is 6.07 Å². The van der Waals surface area contributed by atoms with Crippen LogP contribution in [0.2, 0.25) is 0 Å². The molecule has 0 aliphatic carbocycles. The van der Waals surface area contributed by atoms with Crippen LogP contribution >= 0.6 is 12.4 Å². The third-order valence-corrected chi connectivity index (χ3v) is 2.71. The molecule has 0 saturated carbocycles. The number of nitrogens with zero attached hydrogens (tertiary/aromatic N) is 1. The fourth-order valence-corrected chi connectivity index (χ4v) is 2.00. The van der Waals surface area contributed by atoms with E-state index in [1.165, 1.54) is 30.6 Å². The van der Waals surface area contributed by atoms with Crippen molar-refractivity contribution >= 4 is 23.8 Å². The lowest BCUT2D eigenvalue weighted by atomic mass is 10.0. The van der Waals surface area contributed by atoms with Crippen molar-refractivity contribution in [3.63, 3.8) is 0 Å². The molecule has 3 heteroatoms. The van der Waals surface area contributed by atoms with Crippen molar-refractivity contribution in [1.29, 1.82) is 0 Å². The Morgan fingerprint density at radius 1 is 1.43 bits per heavy atom. The highest BCUT2D eigenvalue weighted by Crippen LogP contribution is 2.28. The first-order valence-electron chi connectivity index (χ1n) is 4.94. The van der Waals surface area contributed by atoms with Crippen molar-refractivity contribution in [3.8, 4) is 0 Å². The summed E-state index contributed by atoms with van der Waals surface area (Å²) >= 11 is 0. The number of fused-ring (bicyclic) bond motifs is 1. The predicted molar refractivity (Wildman–Crippen MR) is 64.3 cm³/mol. The topological polar surface area (TPSA) is 29.3 Å². The van der Waals surface area contributed by atoms with Gasteiger partial charge in [-0.2, -0.15) is 0 Å². The molecule has 1 aliphatic rings. The van der Waals surface area contributed by atoms with E-state index in [1.807, 2.05) is 6.07 Å². The Balaban J connectivity index is 0.000000980. The summed E-state index contributed by atoms with van der Waals surface area (Å²) in [5, 5.41) is 0. The normalized spacial score (nSPS) is 14.5. The van der Waals surface area contributed by atoms with Crippen molar-refractivity contribution in [3.05, 3.63) is 23.8 Å². The molecular weight excluding hydrogens is 196 g/mol. The van der Waals surface area contributed by atoms with Crippen molar-refractivity contribution < 1.29 is 0 Å². The fraction of sp³-hybridized carbons (Fsp3) is 0.455. The average Bonchev–Trinajstić information content (AvgIpc) is 2.17. The van der Waals surface area contributed by atoms with Crippen LogP contribution in [0.15, 0.2) is 18.2 Å². The van der Waals surface area contributed by atoms with Gasteiger partial charge in [0, 0.05) is 24.5 Å². The van der Waals surface area contributed by atoms with E-state index in [0.29, 0.717) is 0 Å². The molecule has 78 valence electrons. The van der Waals surface area contributed by atoms with Crippen LogP contribution in [-0.4, -0.2) is 13.1 Å². The number of anilines is 2. The van der Waals surface area contributed by atoms with E-state index in [4.69, 9.17) is 5.73 Å². The number of benzene rings is 1. The highest BCUT2D eigenvalue weighted by atomic mass is 35.5. The monoisotopic (exact) mass is 212 g/mol. The molecule has 2 N–H and O–H groups in total. The summed E-state index contributed by atoms with van der Waals surface area (Å²) in [6.45, 7) is 4.45. The van der Waals surface area contributed by atoms with Crippen LogP contribution in [0, 0.1) is 0 Å². The number of hydrogen-bond donors (Lipinski definition) is 1. The summed E-state index contributed by atoms with van der Waals surface area (Å²) in [6.07, 6.45) is 2.47. The molecule has 1 heterocycles. The summed E-state index contributed by atoms with van der Waals surface area (Å²) in [5.74, 6) is 0. The van der Waals surface area contributed by atoms with Gasteiger partial charge in [0.05, 0.1) is 0 Å². The van der Waals surface area contributed by atoms with E-state index in [1.54, 1.807) is 0 Å². The quantitative estimate of drug-likeness (QED) is 0.725. The molecule has 1 aliphatic heterocycles. The summed E-state index contributed by atoms with van der Waals surface area (Å²) in [7, 11) is 0. The van der Waals surface area contributed by atoms with Crippen LogP contribution in [-0.2, 0) is 6.42 Å². The van der Waals surface area contributed by atoms with E-state index in [-0.39, 0.29) is 12.4 Å². The van der Waals surface area contributed by atoms with Crippen LogP contribution in [0.5, 0.6) is 0 Å². The van der Waals surface area contributed by atoms with E-state index < -0.39 is 0 Å². The van der Waals surface area contributed by atoms with E-state index in [9.17, 15) is 0 Å². The second-order valence-electron chi connectivity index (χ2n) is 3.57. The van der Waals surface area contributed by atoms with Gasteiger partial charge in [0.1, 0.15) is 0 Å². The first-order chi connectivity index (χ1) is 6.31. The molecule has 0 amide bonds. The second kappa shape index (κ2) is 4.56. The van der Waals surface area contributed by atoms with E-state index in [2.05, 4.69) is 24.0 Å². The number of halogens is 1. The maximum Gasteiger partial charge on any atom is 0.0419 e. The Morgan fingerprint density at radius 3 is 2.93 bits per heavy atom. The molecule has 14 heavy (non-hydrogen) atoms. The van der Waals surface area contributed by atoms with Gasteiger partial charge in [0.25, 0.3) is 0 Å². The summed E-state index contributed by atoms with van der Waals surface area (Å²) in [6, 6.07) is 6.25. The zero-order valence-electron chi connectivity index (χ0n) is 8.49. The number of rotatable bonds is 1. The minimum atomic E-state index is 0. The summed E-state index contributed by atoms with van der Waals surface area (Å²) in [4.78, 5) is 2.40. The van der Waals surface area contributed by atoms with Crippen molar-refractivity contribution in [2.45, 2.75) is 19.8 Å². The van der Waals surface area contributed by atoms with Gasteiger partial charge in [-0.3, -0.25) is 0 Å². The highest BCUT2D eigenvalue weighted by Gasteiger charge is 2.14. The first-order valence-corrected chi connectivity index (χ1v) is 4.94. The Hall–Kier alpha value is -0.890. The minimum Gasteiger partial charge on any atom is -0.399 e. The zero-order chi connectivity index (χ0) is 9.26. The van der Waals surface area contributed by atoms with Crippen molar-refractivity contribution in [2.24, 2.45) is 0 Å². The molecule has 0 aromatic heterocycles. The van der Waals surface area contributed by atoms with Crippen LogP contribution in [0.3, 0.4) is 0 Å². The van der Waals surface area contributed by atoms with Gasteiger partial charge in [-0.25, -0.2) is 0 Å². The van der Waals surface area contributed by atoms with Crippen LogP contribution < -0.4 is 10.6 Å². The molecule has 0 fully saturated rings. The lowest BCUT2D eigenvalue weighted by molar-refractivity contribution is 0.708. The molecule has 1 aromatic carbocycles.